The molecule has 0 saturated heterocycles. The van der Waals surface area contributed by atoms with Gasteiger partial charge in [0.1, 0.15) is 5.82 Å². The van der Waals surface area contributed by atoms with Crippen LogP contribution in [0.4, 0.5) is 4.39 Å². The van der Waals surface area contributed by atoms with Gasteiger partial charge in [-0.05, 0) is 24.1 Å². The van der Waals surface area contributed by atoms with Crippen LogP contribution >= 0.6 is 23.2 Å². The van der Waals surface area contributed by atoms with E-state index < -0.39 is 10.2 Å². The number of benzene rings is 2. The standard InChI is InChI=1S/C14H11Cl2F/c1-10-6-2-3-7-11(10)14(15,16)12-8-4-5-9-13(12)17/h2-9H,1H3. The fourth-order valence-electron chi connectivity index (χ4n) is 1.79. The average Bonchev–Trinajstić information content (AvgIpc) is 2.29. The Labute approximate surface area is 110 Å². The minimum absolute atomic E-state index is 0.276. The van der Waals surface area contributed by atoms with Crippen molar-refractivity contribution >= 4 is 23.2 Å². The van der Waals surface area contributed by atoms with Gasteiger partial charge in [-0.15, -0.1) is 0 Å². The SMILES string of the molecule is Cc1ccccc1C(Cl)(Cl)c1ccccc1F. The third-order valence-corrected chi connectivity index (χ3v) is 3.51. The van der Waals surface area contributed by atoms with E-state index in [2.05, 4.69) is 0 Å². The molecular weight excluding hydrogens is 258 g/mol. The number of alkyl halides is 2. The number of halogens is 3. The molecule has 0 bridgehead atoms. The Balaban J connectivity index is 2.58. The first-order valence-electron chi connectivity index (χ1n) is 5.22. The first-order valence-corrected chi connectivity index (χ1v) is 5.98. The minimum Gasteiger partial charge on any atom is -0.207 e. The number of hydrogen-bond donors (Lipinski definition) is 0. The van der Waals surface area contributed by atoms with Gasteiger partial charge in [-0.2, -0.15) is 0 Å². The summed E-state index contributed by atoms with van der Waals surface area (Å²) < 4.78 is 12.4. The van der Waals surface area contributed by atoms with Crippen molar-refractivity contribution < 1.29 is 4.39 Å². The molecule has 0 saturated carbocycles. The van der Waals surface area contributed by atoms with Crippen LogP contribution < -0.4 is 0 Å². The summed E-state index contributed by atoms with van der Waals surface area (Å²) in [6.45, 7) is 1.90. The fourth-order valence-corrected chi connectivity index (χ4v) is 2.52. The lowest BCUT2D eigenvalue weighted by molar-refractivity contribution is 0.607. The fraction of sp³-hybridized carbons (Fsp3) is 0.143. The molecule has 0 amide bonds. The van der Waals surface area contributed by atoms with Crippen molar-refractivity contribution in [2.45, 2.75) is 11.3 Å². The lowest BCUT2D eigenvalue weighted by atomic mass is 9.99. The van der Waals surface area contributed by atoms with Crippen LogP contribution in [0.15, 0.2) is 48.5 Å². The van der Waals surface area contributed by atoms with Crippen molar-refractivity contribution in [2.24, 2.45) is 0 Å². The number of hydrogen-bond acceptors (Lipinski definition) is 0. The third-order valence-electron chi connectivity index (χ3n) is 2.70. The van der Waals surface area contributed by atoms with Crippen molar-refractivity contribution in [3.05, 3.63) is 71.0 Å². The molecule has 17 heavy (non-hydrogen) atoms. The Bertz CT molecular complexity index is 488. The lowest BCUT2D eigenvalue weighted by Crippen LogP contribution is -2.15. The first-order chi connectivity index (χ1) is 8.03. The van der Waals surface area contributed by atoms with E-state index in [0.717, 1.165) is 5.56 Å². The Morgan fingerprint density at radius 1 is 0.882 bits per heavy atom. The van der Waals surface area contributed by atoms with Crippen molar-refractivity contribution in [3.63, 3.8) is 0 Å². The zero-order chi connectivity index (χ0) is 12.5. The lowest BCUT2D eigenvalue weighted by Gasteiger charge is -2.23. The van der Waals surface area contributed by atoms with Crippen molar-refractivity contribution in [3.8, 4) is 0 Å². The number of rotatable bonds is 2. The quantitative estimate of drug-likeness (QED) is 0.686. The molecular formula is C14H11Cl2F. The summed E-state index contributed by atoms with van der Waals surface area (Å²) >= 11 is 12.6. The van der Waals surface area contributed by atoms with Gasteiger partial charge in [0.25, 0.3) is 0 Å². The van der Waals surface area contributed by atoms with Crippen molar-refractivity contribution in [2.75, 3.05) is 0 Å². The normalized spacial score (nSPS) is 11.5. The third kappa shape index (κ3) is 2.31. The molecule has 0 spiro atoms. The summed E-state index contributed by atoms with van der Waals surface area (Å²) in [6.07, 6.45) is 0. The van der Waals surface area contributed by atoms with Crippen LogP contribution in [-0.4, -0.2) is 0 Å². The van der Waals surface area contributed by atoms with Crippen LogP contribution in [0.1, 0.15) is 16.7 Å². The van der Waals surface area contributed by atoms with Gasteiger partial charge in [-0.3, -0.25) is 0 Å². The Hall–Kier alpha value is -1.05. The van der Waals surface area contributed by atoms with Gasteiger partial charge < -0.3 is 0 Å². The van der Waals surface area contributed by atoms with E-state index in [1.165, 1.54) is 6.07 Å². The molecule has 0 aliphatic heterocycles. The Morgan fingerprint density at radius 3 is 2.00 bits per heavy atom. The van der Waals surface area contributed by atoms with Crippen molar-refractivity contribution in [1.82, 2.24) is 0 Å². The van der Waals surface area contributed by atoms with E-state index in [9.17, 15) is 4.39 Å². The van der Waals surface area contributed by atoms with E-state index in [4.69, 9.17) is 23.2 Å². The molecule has 0 heterocycles. The van der Waals surface area contributed by atoms with E-state index in [1.54, 1.807) is 18.2 Å². The topological polar surface area (TPSA) is 0 Å². The maximum Gasteiger partial charge on any atom is 0.171 e. The molecule has 0 radical (unpaired) electrons. The smallest absolute Gasteiger partial charge is 0.171 e. The van der Waals surface area contributed by atoms with E-state index in [1.807, 2.05) is 31.2 Å². The molecule has 88 valence electrons. The molecule has 0 aliphatic carbocycles. The Morgan fingerprint density at radius 2 is 1.41 bits per heavy atom. The molecule has 0 fully saturated rings. The average molecular weight is 269 g/mol. The highest BCUT2D eigenvalue weighted by Gasteiger charge is 2.32. The second-order valence-electron chi connectivity index (χ2n) is 3.87. The number of aryl methyl sites for hydroxylation is 1. The monoisotopic (exact) mass is 268 g/mol. The zero-order valence-electron chi connectivity index (χ0n) is 9.25. The van der Waals surface area contributed by atoms with Crippen molar-refractivity contribution in [1.29, 1.82) is 0 Å². The van der Waals surface area contributed by atoms with E-state index >= 15 is 0 Å². The molecule has 0 unspecified atom stereocenters. The van der Waals surface area contributed by atoms with Gasteiger partial charge >= 0.3 is 0 Å². The van der Waals surface area contributed by atoms with Crippen LogP contribution in [0.3, 0.4) is 0 Å². The summed E-state index contributed by atoms with van der Waals surface area (Å²) in [5.74, 6) is -0.402. The van der Waals surface area contributed by atoms with Crippen LogP contribution in [-0.2, 0) is 4.33 Å². The van der Waals surface area contributed by atoms with Crippen LogP contribution in [0.5, 0.6) is 0 Å². The van der Waals surface area contributed by atoms with E-state index in [-0.39, 0.29) is 5.56 Å². The van der Waals surface area contributed by atoms with Crippen LogP contribution in [0.25, 0.3) is 0 Å². The van der Waals surface area contributed by atoms with Gasteiger partial charge in [0.05, 0.1) is 0 Å². The van der Waals surface area contributed by atoms with Gasteiger partial charge in [0, 0.05) is 5.56 Å². The van der Waals surface area contributed by atoms with Crippen LogP contribution in [0, 0.1) is 12.7 Å². The molecule has 0 N–H and O–H groups in total. The highest BCUT2D eigenvalue weighted by atomic mass is 35.5. The summed E-state index contributed by atoms with van der Waals surface area (Å²) in [5.41, 5.74) is 1.91. The summed E-state index contributed by atoms with van der Waals surface area (Å²) in [4.78, 5) is 0. The second-order valence-corrected chi connectivity index (χ2v) is 5.20. The molecule has 2 rings (SSSR count). The molecule has 0 aromatic heterocycles. The minimum atomic E-state index is -1.36. The molecule has 3 heteroatoms. The van der Waals surface area contributed by atoms with Gasteiger partial charge in [-0.1, -0.05) is 65.7 Å². The highest BCUT2D eigenvalue weighted by molar-refractivity contribution is 6.50. The summed E-state index contributed by atoms with van der Waals surface area (Å²) in [5, 5.41) is 0. The molecule has 0 nitrogen and oxygen atoms in total. The summed E-state index contributed by atoms with van der Waals surface area (Å²) in [6, 6.07) is 13.7. The van der Waals surface area contributed by atoms with Crippen LogP contribution in [0.2, 0.25) is 0 Å². The summed E-state index contributed by atoms with van der Waals surface area (Å²) in [7, 11) is 0. The zero-order valence-corrected chi connectivity index (χ0v) is 10.8. The predicted octanol–water partition coefficient (Wildman–Crippen LogP) is 4.81. The second kappa shape index (κ2) is 4.67. The van der Waals surface area contributed by atoms with E-state index in [0.29, 0.717) is 5.56 Å². The van der Waals surface area contributed by atoms with Gasteiger partial charge in [0.15, 0.2) is 4.33 Å². The molecule has 0 atom stereocenters. The Kier molecular flexibility index (Phi) is 3.41. The molecule has 2 aromatic rings. The predicted molar refractivity (Wildman–Crippen MR) is 70.1 cm³/mol. The molecule has 2 aromatic carbocycles. The highest BCUT2D eigenvalue weighted by Crippen LogP contribution is 2.43. The van der Waals surface area contributed by atoms with Gasteiger partial charge in [-0.25, -0.2) is 4.39 Å². The largest absolute Gasteiger partial charge is 0.207 e. The molecule has 0 aliphatic rings. The maximum absolute atomic E-state index is 13.7. The maximum atomic E-state index is 13.7. The first kappa shape index (κ1) is 12.4. The van der Waals surface area contributed by atoms with Gasteiger partial charge in [0.2, 0.25) is 0 Å².